The second-order valence-corrected chi connectivity index (χ2v) is 6.33. The first-order valence-corrected chi connectivity index (χ1v) is 7.74. The lowest BCUT2D eigenvalue weighted by molar-refractivity contribution is -0.120. The van der Waals surface area contributed by atoms with Gasteiger partial charge in [0, 0.05) is 11.0 Å². The van der Waals surface area contributed by atoms with Crippen LogP contribution in [-0.2, 0) is 11.3 Å². The zero-order chi connectivity index (χ0) is 12.1. The predicted molar refractivity (Wildman–Crippen MR) is 76.1 cm³/mol. The molecule has 1 heterocycles. The van der Waals surface area contributed by atoms with Crippen molar-refractivity contribution in [3.8, 4) is 0 Å². The van der Waals surface area contributed by atoms with Gasteiger partial charge in [-0.25, -0.2) is 0 Å². The summed E-state index contributed by atoms with van der Waals surface area (Å²) in [5.74, 6) is 1.30. The van der Waals surface area contributed by atoms with E-state index in [0.717, 1.165) is 22.2 Å². The zero-order valence-corrected chi connectivity index (χ0v) is 12.0. The molecule has 1 saturated heterocycles. The standard InChI is InChI=1S/C13H16BrNOS/c14-11-6-2-1-5-10(11)9-15-13(16)12-7-3-4-8-17-12/h1-2,5-6,12H,3-4,7-9H2,(H,15,16). The number of halogens is 1. The summed E-state index contributed by atoms with van der Waals surface area (Å²) in [4.78, 5) is 11.9. The molecular formula is C13H16BrNOS. The zero-order valence-electron chi connectivity index (χ0n) is 9.62. The summed E-state index contributed by atoms with van der Waals surface area (Å²) < 4.78 is 1.05. The lowest BCUT2D eigenvalue weighted by atomic mass is 10.1. The lowest BCUT2D eigenvalue weighted by Gasteiger charge is -2.20. The van der Waals surface area contributed by atoms with Crippen LogP contribution in [0.25, 0.3) is 0 Å². The second kappa shape index (κ2) is 6.45. The van der Waals surface area contributed by atoms with Crippen LogP contribution < -0.4 is 5.32 Å². The van der Waals surface area contributed by atoms with Gasteiger partial charge in [-0.1, -0.05) is 40.5 Å². The molecule has 92 valence electrons. The number of carbonyl (C=O) groups excluding carboxylic acids is 1. The summed E-state index contributed by atoms with van der Waals surface area (Å²) in [5.41, 5.74) is 1.13. The maximum Gasteiger partial charge on any atom is 0.233 e. The van der Waals surface area contributed by atoms with Gasteiger partial charge in [-0.2, -0.15) is 0 Å². The van der Waals surface area contributed by atoms with Crippen LogP contribution in [0.4, 0.5) is 0 Å². The highest BCUT2D eigenvalue weighted by Gasteiger charge is 2.21. The highest BCUT2D eigenvalue weighted by Crippen LogP contribution is 2.25. The van der Waals surface area contributed by atoms with Crippen molar-refractivity contribution in [3.63, 3.8) is 0 Å². The van der Waals surface area contributed by atoms with Gasteiger partial charge in [-0.05, 0) is 30.2 Å². The van der Waals surface area contributed by atoms with Gasteiger partial charge < -0.3 is 5.32 Å². The summed E-state index contributed by atoms with van der Waals surface area (Å²) in [5, 5.41) is 3.18. The number of benzene rings is 1. The number of nitrogens with one attached hydrogen (secondary N) is 1. The van der Waals surface area contributed by atoms with E-state index < -0.39 is 0 Å². The Morgan fingerprint density at radius 3 is 2.94 bits per heavy atom. The van der Waals surface area contributed by atoms with Crippen LogP contribution in [-0.4, -0.2) is 16.9 Å². The molecule has 1 aromatic carbocycles. The summed E-state index contributed by atoms with van der Waals surface area (Å²) >= 11 is 5.27. The average molecular weight is 314 g/mol. The summed E-state index contributed by atoms with van der Waals surface area (Å²) in [6.45, 7) is 0.608. The molecule has 1 atom stereocenters. The van der Waals surface area contributed by atoms with E-state index in [1.807, 2.05) is 24.3 Å². The lowest BCUT2D eigenvalue weighted by Crippen LogP contribution is -2.33. The van der Waals surface area contributed by atoms with Crippen molar-refractivity contribution in [2.45, 2.75) is 31.1 Å². The number of thioether (sulfide) groups is 1. The monoisotopic (exact) mass is 313 g/mol. The molecule has 0 aromatic heterocycles. The average Bonchev–Trinajstić information content (AvgIpc) is 2.38. The molecule has 1 amide bonds. The van der Waals surface area contributed by atoms with Crippen LogP contribution in [0.1, 0.15) is 24.8 Å². The number of carbonyl (C=O) groups is 1. The molecule has 0 saturated carbocycles. The summed E-state index contributed by atoms with van der Waals surface area (Å²) in [6.07, 6.45) is 3.45. The number of rotatable bonds is 3. The Labute approximate surface area is 115 Å². The van der Waals surface area contributed by atoms with Gasteiger partial charge in [0.25, 0.3) is 0 Å². The quantitative estimate of drug-likeness (QED) is 0.927. The molecule has 0 bridgehead atoms. The molecule has 2 nitrogen and oxygen atoms in total. The third-order valence-electron chi connectivity index (χ3n) is 2.88. The maximum absolute atomic E-state index is 11.9. The Morgan fingerprint density at radius 1 is 1.41 bits per heavy atom. The third kappa shape index (κ3) is 3.75. The van der Waals surface area contributed by atoms with Crippen molar-refractivity contribution in [2.24, 2.45) is 0 Å². The van der Waals surface area contributed by atoms with Crippen LogP contribution in [0.3, 0.4) is 0 Å². The minimum absolute atomic E-state index is 0.159. The van der Waals surface area contributed by atoms with Gasteiger partial charge in [-0.15, -0.1) is 11.8 Å². The van der Waals surface area contributed by atoms with Gasteiger partial charge in [0.1, 0.15) is 0 Å². The number of amides is 1. The fourth-order valence-corrected chi connectivity index (χ4v) is 3.53. The highest BCUT2D eigenvalue weighted by atomic mass is 79.9. The molecule has 1 aliphatic rings. The van der Waals surface area contributed by atoms with Gasteiger partial charge in [0.05, 0.1) is 5.25 Å². The Balaban J connectivity index is 1.85. The first-order chi connectivity index (χ1) is 8.27. The SMILES string of the molecule is O=C(NCc1ccccc1Br)C1CCCCS1. The minimum atomic E-state index is 0.159. The van der Waals surface area contributed by atoms with Crippen molar-refractivity contribution in [2.75, 3.05) is 5.75 Å². The smallest absolute Gasteiger partial charge is 0.233 e. The van der Waals surface area contributed by atoms with E-state index >= 15 is 0 Å². The Hall–Kier alpha value is -0.480. The van der Waals surface area contributed by atoms with Crippen molar-refractivity contribution >= 4 is 33.6 Å². The van der Waals surface area contributed by atoms with Gasteiger partial charge in [-0.3, -0.25) is 4.79 Å². The fourth-order valence-electron chi connectivity index (χ4n) is 1.89. The first kappa shape index (κ1) is 13.0. The van der Waals surface area contributed by atoms with Crippen molar-refractivity contribution in [1.82, 2.24) is 5.32 Å². The van der Waals surface area contributed by atoms with Crippen LogP contribution in [0, 0.1) is 0 Å². The van der Waals surface area contributed by atoms with E-state index in [2.05, 4.69) is 21.2 Å². The van der Waals surface area contributed by atoms with Gasteiger partial charge in [0.15, 0.2) is 0 Å². The van der Waals surface area contributed by atoms with Crippen LogP contribution in [0.2, 0.25) is 0 Å². The van der Waals surface area contributed by atoms with Gasteiger partial charge in [0.2, 0.25) is 5.91 Å². The Bertz CT molecular complexity index is 391. The van der Waals surface area contributed by atoms with Crippen LogP contribution in [0.5, 0.6) is 0 Å². The van der Waals surface area contributed by atoms with Crippen molar-refractivity contribution in [3.05, 3.63) is 34.3 Å². The van der Waals surface area contributed by atoms with Crippen molar-refractivity contribution in [1.29, 1.82) is 0 Å². The predicted octanol–water partition coefficient (Wildman–Crippen LogP) is 3.35. The molecule has 4 heteroatoms. The van der Waals surface area contributed by atoms with E-state index in [4.69, 9.17) is 0 Å². The first-order valence-electron chi connectivity index (χ1n) is 5.90. The number of hydrogen-bond acceptors (Lipinski definition) is 2. The molecule has 0 radical (unpaired) electrons. The topological polar surface area (TPSA) is 29.1 Å². The van der Waals surface area contributed by atoms with Crippen LogP contribution >= 0.6 is 27.7 Å². The van der Waals surface area contributed by atoms with E-state index in [1.165, 1.54) is 12.8 Å². The van der Waals surface area contributed by atoms with Crippen LogP contribution in [0.15, 0.2) is 28.7 Å². The molecule has 0 spiro atoms. The summed E-state index contributed by atoms with van der Waals surface area (Å²) in [7, 11) is 0. The molecule has 17 heavy (non-hydrogen) atoms. The summed E-state index contributed by atoms with van der Waals surface area (Å²) in [6, 6.07) is 7.99. The highest BCUT2D eigenvalue weighted by molar-refractivity contribution is 9.10. The second-order valence-electron chi connectivity index (χ2n) is 4.16. The van der Waals surface area contributed by atoms with E-state index in [0.29, 0.717) is 6.54 Å². The van der Waals surface area contributed by atoms with Gasteiger partial charge >= 0.3 is 0 Å². The Kier molecular flexibility index (Phi) is 4.92. The molecule has 1 N–H and O–H groups in total. The fraction of sp³-hybridized carbons (Fsp3) is 0.462. The van der Waals surface area contributed by atoms with Crippen molar-refractivity contribution < 1.29 is 4.79 Å². The molecule has 2 rings (SSSR count). The molecule has 0 aliphatic carbocycles. The molecule has 1 aliphatic heterocycles. The molecule has 1 unspecified atom stereocenters. The Morgan fingerprint density at radius 2 is 2.24 bits per heavy atom. The van der Waals surface area contributed by atoms with E-state index in [-0.39, 0.29) is 11.2 Å². The van der Waals surface area contributed by atoms with E-state index in [9.17, 15) is 4.79 Å². The van der Waals surface area contributed by atoms with E-state index in [1.54, 1.807) is 11.8 Å². The minimum Gasteiger partial charge on any atom is -0.351 e. The molecule has 1 aromatic rings. The number of hydrogen-bond donors (Lipinski definition) is 1. The third-order valence-corrected chi connectivity index (χ3v) is 5.03. The normalized spacial score (nSPS) is 19.9. The molecular weight excluding hydrogens is 298 g/mol. The maximum atomic E-state index is 11.9. The largest absolute Gasteiger partial charge is 0.351 e. The molecule has 1 fully saturated rings.